The van der Waals surface area contributed by atoms with Crippen LogP contribution in [-0.2, 0) is 0 Å². The van der Waals surface area contributed by atoms with Crippen LogP contribution in [0.1, 0.15) is 10.4 Å². The molecule has 2 heterocycles. The van der Waals surface area contributed by atoms with Gasteiger partial charge in [-0.15, -0.1) is 0 Å². The molecule has 28 heavy (non-hydrogen) atoms. The molecule has 0 saturated carbocycles. The Kier molecular flexibility index (Phi) is 4.24. The molecule has 12 heteroatoms. The smallest absolute Gasteiger partial charge is 0.277 e. The summed E-state index contributed by atoms with van der Waals surface area (Å²) in [6.07, 6.45) is 0. The van der Waals surface area contributed by atoms with Crippen LogP contribution < -0.4 is 14.8 Å². The van der Waals surface area contributed by atoms with Crippen molar-refractivity contribution in [1.82, 2.24) is 4.98 Å². The van der Waals surface area contributed by atoms with Crippen LogP contribution in [0.25, 0.3) is 10.2 Å². The van der Waals surface area contributed by atoms with Crippen LogP contribution in [0.3, 0.4) is 0 Å². The highest BCUT2D eigenvalue weighted by molar-refractivity contribution is 7.22. The van der Waals surface area contributed by atoms with Crippen LogP contribution >= 0.6 is 11.3 Å². The second-order valence-electron chi connectivity index (χ2n) is 5.69. The van der Waals surface area contributed by atoms with Gasteiger partial charge in [-0.2, -0.15) is 0 Å². The Bertz CT molecular complexity index is 1070. The number of aromatic nitrogens is 1. The second kappa shape index (κ2) is 6.74. The molecule has 1 aromatic heterocycles. The normalized spacial score (nSPS) is 12.6. The van der Waals surface area contributed by atoms with Gasteiger partial charge in [0.15, 0.2) is 16.6 Å². The molecule has 4 rings (SSSR count). The molecule has 1 aliphatic rings. The van der Waals surface area contributed by atoms with Crippen molar-refractivity contribution in [2.75, 3.05) is 18.5 Å². The second-order valence-corrected chi connectivity index (χ2v) is 6.72. The average Bonchev–Trinajstić information content (AvgIpc) is 3.06. The Morgan fingerprint density at radius 2 is 1.61 bits per heavy atom. The number of benzene rings is 2. The van der Waals surface area contributed by atoms with Gasteiger partial charge in [0.2, 0.25) is 0 Å². The molecule has 0 saturated heterocycles. The van der Waals surface area contributed by atoms with Gasteiger partial charge in [0.1, 0.15) is 13.2 Å². The van der Waals surface area contributed by atoms with Gasteiger partial charge in [-0.05, 0) is 0 Å². The Morgan fingerprint density at radius 1 is 1.00 bits per heavy atom. The molecule has 3 aromatic rings. The van der Waals surface area contributed by atoms with Crippen molar-refractivity contribution in [3.8, 4) is 11.5 Å². The van der Waals surface area contributed by atoms with E-state index >= 15 is 0 Å². The third-order valence-corrected chi connectivity index (χ3v) is 4.79. The van der Waals surface area contributed by atoms with Crippen molar-refractivity contribution in [2.24, 2.45) is 0 Å². The van der Waals surface area contributed by atoms with Gasteiger partial charge in [-0.25, -0.2) is 4.98 Å². The van der Waals surface area contributed by atoms with Crippen LogP contribution in [0.5, 0.6) is 11.5 Å². The number of rotatable bonds is 4. The number of nitrogens with zero attached hydrogens (tertiary/aromatic N) is 3. The van der Waals surface area contributed by atoms with E-state index in [2.05, 4.69) is 10.3 Å². The maximum absolute atomic E-state index is 12.5. The summed E-state index contributed by atoms with van der Waals surface area (Å²) < 4.78 is 11.7. The van der Waals surface area contributed by atoms with E-state index in [1.165, 1.54) is 11.3 Å². The summed E-state index contributed by atoms with van der Waals surface area (Å²) in [4.78, 5) is 37.1. The van der Waals surface area contributed by atoms with E-state index in [1.807, 2.05) is 0 Å². The minimum atomic E-state index is -0.800. The highest BCUT2D eigenvalue weighted by Gasteiger charge is 2.21. The van der Waals surface area contributed by atoms with Crippen molar-refractivity contribution < 1.29 is 24.1 Å². The molecule has 0 unspecified atom stereocenters. The fraction of sp³-hybridized carbons (Fsp3) is 0.125. The number of anilines is 1. The number of nitrogens with one attached hydrogen (secondary N) is 1. The molecule has 0 fully saturated rings. The van der Waals surface area contributed by atoms with Crippen molar-refractivity contribution in [2.45, 2.75) is 0 Å². The number of non-ortho nitro benzene ring substituents is 2. The van der Waals surface area contributed by atoms with E-state index in [9.17, 15) is 25.0 Å². The third-order valence-electron chi connectivity index (χ3n) is 3.86. The molecule has 2 aromatic carbocycles. The Labute approximate surface area is 159 Å². The molecule has 0 spiro atoms. The SMILES string of the molecule is O=C(Nc1nc2cc3c(cc2s1)OCCO3)c1cc([N+](=O)[O-])cc([N+](=O)[O-])c1. The number of amides is 1. The summed E-state index contributed by atoms with van der Waals surface area (Å²) in [5.41, 5.74) is -0.739. The van der Waals surface area contributed by atoms with E-state index in [4.69, 9.17) is 9.47 Å². The summed E-state index contributed by atoms with van der Waals surface area (Å²) in [6, 6.07) is 6.16. The van der Waals surface area contributed by atoms with Gasteiger partial charge in [0.25, 0.3) is 17.3 Å². The van der Waals surface area contributed by atoms with Gasteiger partial charge in [0, 0.05) is 24.3 Å². The lowest BCUT2D eigenvalue weighted by molar-refractivity contribution is -0.394. The minimum Gasteiger partial charge on any atom is -0.486 e. The summed E-state index contributed by atoms with van der Waals surface area (Å²) in [5.74, 6) is 0.383. The van der Waals surface area contributed by atoms with E-state index in [0.717, 1.165) is 22.9 Å². The first-order valence-corrected chi connectivity index (χ1v) is 8.68. The molecule has 0 bridgehead atoms. The van der Waals surface area contributed by atoms with Gasteiger partial charge in [0.05, 0.1) is 31.7 Å². The first kappa shape index (κ1) is 17.6. The number of fused-ring (bicyclic) bond motifs is 2. The maximum atomic E-state index is 12.5. The van der Waals surface area contributed by atoms with Gasteiger partial charge in [-0.1, -0.05) is 11.3 Å². The van der Waals surface area contributed by atoms with E-state index in [1.54, 1.807) is 12.1 Å². The van der Waals surface area contributed by atoms with Crippen molar-refractivity contribution >= 4 is 44.0 Å². The number of carbonyl (C=O) groups excluding carboxylic acids is 1. The predicted molar refractivity (Wildman–Crippen MR) is 98.3 cm³/mol. The average molecular weight is 402 g/mol. The summed E-state index contributed by atoms with van der Waals surface area (Å²) >= 11 is 1.17. The van der Waals surface area contributed by atoms with E-state index in [-0.39, 0.29) is 10.7 Å². The summed E-state index contributed by atoms with van der Waals surface area (Å²) in [5, 5.41) is 24.7. The number of carbonyl (C=O) groups is 1. The largest absolute Gasteiger partial charge is 0.486 e. The molecule has 1 aliphatic heterocycles. The Morgan fingerprint density at radius 3 is 2.21 bits per heavy atom. The maximum Gasteiger partial charge on any atom is 0.277 e. The van der Waals surface area contributed by atoms with Crippen molar-refractivity contribution in [3.63, 3.8) is 0 Å². The molecule has 0 atom stereocenters. The highest BCUT2D eigenvalue weighted by atomic mass is 32.1. The molecule has 142 valence electrons. The van der Waals surface area contributed by atoms with Crippen LogP contribution in [0.15, 0.2) is 30.3 Å². The monoisotopic (exact) mass is 402 g/mol. The fourth-order valence-corrected chi connectivity index (χ4v) is 3.50. The first-order valence-electron chi connectivity index (χ1n) is 7.86. The fourth-order valence-electron chi connectivity index (χ4n) is 2.62. The lowest BCUT2D eigenvalue weighted by atomic mass is 10.1. The standard InChI is InChI=1S/C16H10N4O7S/c21-15(8-3-9(19(22)23)5-10(4-8)20(24)25)18-16-17-11-6-12-13(7-14(11)28-16)27-2-1-26-12/h3-7H,1-2H2,(H,17,18,21). The molecular weight excluding hydrogens is 392 g/mol. The topological polar surface area (TPSA) is 147 Å². The van der Waals surface area contributed by atoms with Crippen molar-refractivity contribution in [3.05, 3.63) is 56.1 Å². The van der Waals surface area contributed by atoms with Crippen LogP contribution in [0.4, 0.5) is 16.5 Å². The number of ether oxygens (including phenoxy) is 2. The van der Waals surface area contributed by atoms with Gasteiger partial charge < -0.3 is 9.47 Å². The highest BCUT2D eigenvalue weighted by Crippen LogP contribution is 2.38. The quantitative estimate of drug-likeness (QED) is 0.517. The lowest BCUT2D eigenvalue weighted by Gasteiger charge is -2.17. The zero-order valence-electron chi connectivity index (χ0n) is 13.9. The Balaban J connectivity index is 1.64. The molecule has 1 amide bonds. The zero-order valence-corrected chi connectivity index (χ0v) is 14.7. The van der Waals surface area contributed by atoms with Crippen molar-refractivity contribution in [1.29, 1.82) is 0 Å². The molecule has 0 radical (unpaired) electrons. The molecule has 1 N–H and O–H groups in total. The minimum absolute atomic E-state index is 0.217. The lowest BCUT2D eigenvalue weighted by Crippen LogP contribution is -2.15. The first-order chi connectivity index (χ1) is 13.4. The van der Waals surface area contributed by atoms with Crippen LogP contribution in [0.2, 0.25) is 0 Å². The van der Waals surface area contributed by atoms with Crippen LogP contribution in [0, 0.1) is 20.2 Å². The van der Waals surface area contributed by atoms with Gasteiger partial charge >= 0.3 is 0 Å². The number of thiazole rings is 1. The number of hydrogen-bond donors (Lipinski definition) is 1. The van der Waals surface area contributed by atoms with Crippen LogP contribution in [-0.4, -0.2) is 34.0 Å². The summed E-state index contributed by atoms with van der Waals surface area (Å²) in [7, 11) is 0. The number of hydrogen-bond acceptors (Lipinski definition) is 9. The summed E-state index contributed by atoms with van der Waals surface area (Å²) in [6.45, 7) is 0.865. The third kappa shape index (κ3) is 3.27. The Hall–Kier alpha value is -3.80. The molecule has 11 nitrogen and oxygen atoms in total. The number of nitro groups is 2. The van der Waals surface area contributed by atoms with E-state index in [0.29, 0.717) is 30.2 Å². The zero-order chi connectivity index (χ0) is 19.8. The van der Waals surface area contributed by atoms with E-state index < -0.39 is 27.1 Å². The van der Waals surface area contributed by atoms with Gasteiger partial charge in [-0.3, -0.25) is 30.3 Å². The molecule has 0 aliphatic carbocycles. The predicted octanol–water partition coefficient (Wildman–Crippen LogP) is 3.14. The molecular formula is C16H10N4O7S. The number of nitro benzene ring substituents is 2.